The number of carbonyl (C=O) groups is 3. The molecule has 8 heteroatoms. The minimum absolute atomic E-state index is 0.00158. The van der Waals surface area contributed by atoms with Crippen molar-refractivity contribution in [3.05, 3.63) is 35.9 Å². The smallest absolute Gasteiger partial charge is 0.311 e. The molecular weight excluding hydrogens is 424 g/mol. The molecule has 2 saturated heterocycles. The molecule has 0 N–H and O–H groups in total. The summed E-state index contributed by atoms with van der Waals surface area (Å²) in [7, 11) is -0.375. The number of hydrogen-bond donors (Lipinski definition) is 0. The van der Waals surface area contributed by atoms with Crippen molar-refractivity contribution in [2.24, 2.45) is 5.92 Å². The van der Waals surface area contributed by atoms with E-state index in [2.05, 4.69) is 33.9 Å². The van der Waals surface area contributed by atoms with Crippen LogP contribution >= 0.6 is 0 Å². The van der Waals surface area contributed by atoms with Crippen molar-refractivity contribution in [1.29, 1.82) is 0 Å². The third-order valence-electron chi connectivity index (χ3n) is 7.30. The van der Waals surface area contributed by atoms with Gasteiger partial charge in [-0.2, -0.15) is 0 Å². The molecule has 0 unspecified atom stereocenters. The van der Waals surface area contributed by atoms with Crippen LogP contribution in [0.3, 0.4) is 0 Å². The molecule has 0 radical (unpaired) electrons. The molecular formula is C24H36N2O5Si. The van der Waals surface area contributed by atoms with Gasteiger partial charge in [0.2, 0.25) is 11.8 Å². The summed E-state index contributed by atoms with van der Waals surface area (Å²) in [6.45, 7) is 13.0. The second-order valence-corrected chi connectivity index (χ2v) is 15.1. The topological polar surface area (TPSA) is 76.1 Å². The van der Waals surface area contributed by atoms with Gasteiger partial charge in [-0.25, -0.2) is 0 Å². The summed E-state index contributed by atoms with van der Waals surface area (Å²) in [4.78, 5) is 42.8. The summed E-state index contributed by atoms with van der Waals surface area (Å²) in [6.07, 6.45) is 0.297. The first kappa shape index (κ1) is 24.6. The molecule has 3 rings (SSSR count). The third-order valence-corrected chi connectivity index (χ3v) is 11.8. The number of carbonyl (C=O) groups excluding carboxylic acids is 3. The highest BCUT2D eigenvalue weighted by Crippen LogP contribution is 2.41. The fraction of sp³-hybridized carbons (Fsp3) is 0.625. The molecule has 2 bridgehead atoms. The maximum Gasteiger partial charge on any atom is 0.311 e. The Morgan fingerprint density at radius 2 is 1.78 bits per heavy atom. The van der Waals surface area contributed by atoms with Gasteiger partial charge in [-0.1, -0.05) is 51.1 Å². The summed E-state index contributed by atoms with van der Waals surface area (Å²) in [5, 5.41) is -0.00158. The van der Waals surface area contributed by atoms with Crippen molar-refractivity contribution < 1.29 is 23.5 Å². The van der Waals surface area contributed by atoms with Crippen LogP contribution in [0.2, 0.25) is 18.1 Å². The van der Waals surface area contributed by atoms with Crippen LogP contribution in [-0.4, -0.2) is 68.2 Å². The van der Waals surface area contributed by atoms with Gasteiger partial charge in [0, 0.05) is 0 Å². The minimum Gasteiger partial charge on any atom is -0.466 e. The first-order valence-electron chi connectivity index (χ1n) is 11.3. The Labute approximate surface area is 192 Å². The number of fused-ring (bicyclic) bond motifs is 2. The molecule has 0 aromatic heterocycles. The molecule has 7 nitrogen and oxygen atoms in total. The molecule has 176 valence electrons. The average Bonchev–Trinajstić information content (AvgIpc) is 3.01. The SMILES string of the molecule is CCOC(=O)[C@@H]1C[C@H]2C(=O)N([C@H](CO[Si](C)(C)C(C)(C)C)c3ccccc3)C(=O)[C@@H]1N2C. The lowest BCUT2D eigenvalue weighted by Gasteiger charge is -2.43. The second-order valence-electron chi connectivity index (χ2n) is 10.3. The number of nitrogens with zero attached hydrogens (tertiary/aromatic N) is 2. The maximum atomic E-state index is 13.7. The highest BCUT2D eigenvalue weighted by molar-refractivity contribution is 6.74. The quantitative estimate of drug-likeness (QED) is 0.353. The lowest BCUT2D eigenvalue weighted by molar-refractivity contribution is -0.163. The summed E-state index contributed by atoms with van der Waals surface area (Å²) in [5.74, 6) is -1.67. The number of esters is 1. The van der Waals surface area contributed by atoms with E-state index < -0.39 is 38.3 Å². The number of piperazine rings is 1. The monoisotopic (exact) mass is 460 g/mol. The molecule has 1 aromatic carbocycles. The van der Waals surface area contributed by atoms with Gasteiger partial charge in [0.1, 0.15) is 6.04 Å². The molecule has 0 saturated carbocycles. The molecule has 1 aromatic rings. The van der Waals surface area contributed by atoms with Crippen molar-refractivity contribution in [1.82, 2.24) is 9.80 Å². The minimum atomic E-state index is -2.12. The Bertz CT molecular complexity index is 867. The molecule has 2 amide bonds. The van der Waals surface area contributed by atoms with E-state index >= 15 is 0 Å². The van der Waals surface area contributed by atoms with Gasteiger partial charge in [0.15, 0.2) is 8.32 Å². The first-order chi connectivity index (χ1) is 14.9. The number of imide groups is 1. The van der Waals surface area contributed by atoms with Crippen LogP contribution in [0.5, 0.6) is 0 Å². The van der Waals surface area contributed by atoms with Crippen molar-refractivity contribution in [3.8, 4) is 0 Å². The lowest BCUT2D eigenvalue weighted by atomic mass is 9.98. The zero-order valence-corrected chi connectivity index (χ0v) is 21.3. The highest BCUT2D eigenvalue weighted by atomic mass is 28.4. The van der Waals surface area contributed by atoms with Gasteiger partial charge in [-0.05, 0) is 44.1 Å². The van der Waals surface area contributed by atoms with Crippen molar-refractivity contribution in [3.63, 3.8) is 0 Å². The van der Waals surface area contributed by atoms with Gasteiger partial charge in [-0.15, -0.1) is 0 Å². The predicted molar refractivity (Wildman–Crippen MR) is 124 cm³/mol. The van der Waals surface area contributed by atoms with E-state index in [1.54, 1.807) is 18.9 Å². The van der Waals surface area contributed by atoms with Crippen LogP contribution in [-0.2, 0) is 23.5 Å². The van der Waals surface area contributed by atoms with Gasteiger partial charge >= 0.3 is 5.97 Å². The van der Waals surface area contributed by atoms with Gasteiger partial charge < -0.3 is 9.16 Å². The summed E-state index contributed by atoms with van der Waals surface area (Å²) in [6, 6.07) is 7.79. The Morgan fingerprint density at radius 3 is 2.34 bits per heavy atom. The van der Waals surface area contributed by atoms with E-state index in [0.717, 1.165) is 5.56 Å². The molecule has 4 atom stereocenters. The number of hydrogen-bond acceptors (Lipinski definition) is 6. The summed E-state index contributed by atoms with van der Waals surface area (Å²) >= 11 is 0. The number of likely N-dealkylation sites (tertiary alicyclic amines) is 1. The molecule has 2 aliphatic heterocycles. The Morgan fingerprint density at radius 1 is 1.16 bits per heavy atom. The third kappa shape index (κ3) is 4.40. The molecule has 0 spiro atoms. The second kappa shape index (κ2) is 9.07. The number of rotatable bonds is 7. The molecule has 32 heavy (non-hydrogen) atoms. The number of amides is 2. The van der Waals surface area contributed by atoms with Crippen molar-refractivity contribution in [2.45, 2.75) is 70.4 Å². The molecule has 2 heterocycles. The highest BCUT2D eigenvalue weighted by Gasteiger charge is 2.58. The Kier molecular flexibility index (Phi) is 6.98. The van der Waals surface area contributed by atoms with E-state index in [0.29, 0.717) is 6.42 Å². The normalized spacial score (nSPS) is 25.2. The van der Waals surface area contributed by atoms with Crippen LogP contribution < -0.4 is 0 Å². The number of ether oxygens (including phenoxy) is 1. The van der Waals surface area contributed by atoms with Crippen molar-refractivity contribution in [2.75, 3.05) is 20.3 Å². The summed E-state index contributed by atoms with van der Waals surface area (Å²) < 4.78 is 11.7. The number of likely N-dealkylation sites (N-methyl/N-ethyl adjacent to an activating group) is 1. The van der Waals surface area contributed by atoms with Crippen molar-refractivity contribution >= 4 is 26.1 Å². The fourth-order valence-corrected chi connectivity index (χ4v) is 5.33. The van der Waals surface area contributed by atoms with E-state index in [4.69, 9.17) is 9.16 Å². The maximum absolute atomic E-state index is 13.7. The predicted octanol–water partition coefficient (Wildman–Crippen LogP) is 3.37. The van der Waals surface area contributed by atoms with E-state index in [1.165, 1.54) is 4.90 Å². The first-order valence-corrected chi connectivity index (χ1v) is 14.3. The van der Waals surface area contributed by atoms with E-state index in [9.17, 15) is 14.4 Å². The fourth-order valence-electron chi connectivity index (χ4n) is 4.33. The van der Waals surface area contributed by atoms with Gasteiger partial charge in [-0.3, -0.25) is 24.2 Å². The zero-order chi connectivity index (χ0) is 23.8. The standard InChI is InChI=1S/C24H36N2O5Si/c1-8-30-23(29)17-14-18-21(27)26(22(28)20(17)25(18)5)19(16-12-10-9-11-13-16)15-31-32(6,7)24(2,3)4/h9-13,17-20H,8,14-15H2,1-7H3/t17-,18+,19-,20-/m1/s1. The number of benzene rings is 1. The van der Waals surface area contributed by atoms with Gasteiger partial charge in [0.25, 0.3) is 0 Å². The lowest BCUT2D eigenvalue weighted by Crippen LogP contribution is -2.61. The van der Waals surface area contributed by atoms with Crippen LogP contribution in [0.1, 0.15) is 45.7 Å². The molecule has 2 aliphatic rings. The van der Waals surface area contributed by atoms with E-state index in [-0.39, 0.29) is 30.1 Å². The zero-order valence-electron chi connectivity index (χ0n) is 20.3. The van der Waals surface area contributed by atoms with Gasteiger partial charge in [0.05, 0.1) is 31.2 Å². The largest absolute Gasteiger partial charge is 0.466 e. The Hall–Kier alpha value is -2.03. The van der Waals surface area contributed by atoms with E-state index in [1.807, 2.05) is 30.3 Å². The molecule has 2 fully saturated rings. The Balaban J connectivity index is 1.95. The summed E-state index contributed by atoms with van der Waals surface area (Å²) in [5.41, 5.74) is 0.851. The van der Waals surface area contributed by atoms with Crippen LogP contribution in [0.25, 0.3) is 0 Å². The molecule has 0 aliphatic carbocycles. The van der Waals surface area contributed by atoms with Crippen LogP contribution in [0, 0.1) is 5.92 Å². The average molecular weight is 461 g/mol. The van der Waals surface area contributed by atoms with Crippen LogP contribution in [0.15, 0.2) is 30.3 Å². The van der Waals surface area contributed by atoms with Crippen LogP contribution in [0.4, 0.5) is 0 Å².